The van der Waals surface area contributed by atoms with Gasteiger partial charge in [0.05, 0.1) is 12.4 Å². The molecule has 164 valence electrons. The highest BCUT2D eigenvalue weighted by molar-refractivity contribution is 8.15. The van der Waals surface area contributed by atoms with Gasteiger partial charge in [-0.15, -0.1) is 0 Å². The molecule has 1 aliphatic heterocycles. The van der Waals surface area contributed by atoms with Crippen molar-refractivity contribution in [1.82, 2.24) is 5.32 Å². The first-order valence-electron chi connectivity index (χ1n) is 10.9. The second kappa shape index (κ2) is 7.70. The van der Waals surface area contributed by atoms with E-state index in [0.29, 0.717) is 6.42 Å². The fourth-order valence-corrected chi connectivity index (χ4v) is 5.79. The predicted octanol–water partition coefficient (Wildman–Crippen LogP) is 5.91. The normalized spacial score (nSPS) is 21.5. The summed E-state index contributed by atoms with van der Waals surface area (Å²) in [6.45, 7) is 11.5. The lowest BCUT2D eigenvalue weighted by atomic mass is 9.62. The van der Waals surface area contributed by atoms with E-state index in [1.54, 1.807) is 7.11 Å². The van der Waals surface area contributed by atoms with Gasteiger partial charge in [-0.05, 0) is 77.0 Å². The van der Waals surface area contributed by atoms with Gasteiger partial charge in [0.2, 0.25) is 5.91 Å². The second-order valence-electron chi connectivity index (χ2n) is 10.1. The minimum atomic E-state index is -0.410. The Hall–Kier alpha value is -2.27. The molecule has 0 radical (unpaired) electrons. The molecule has 1 N–H and O–H groups in total. The highest BCUT2D eigenvalue weighted by Crippen LogP contribution is 2.49. The number of rotatable bonds is 4. The number of aryl methyl sites for hydroxylation is 1. The zero-order valence-corrected chi connectivity index (χ0v) is 20.0. The van der Waals surface area contributed by atoms with E-state index in [0.717, 1.165) is 40.6 Å². The number of hydrogen-bond donors (Lipinski definition) is 1. The molecule has 1 saturated heterocycles. The molecule has 0 spiro atoms. The molecule has 2 aliphatic rings. The van der Waals surface area contributed by atoms with E-state index in [1.165, 1.54) is 23.1 Å². The van der Waals surface area contributed by atoms with Crippen LogP contribution in [-0.4, -0.2) is 23.5 Å². The Morgan fingerprint density at radius 3 is 2.29 bits per heavy atom. The minimum Gasteiger partial charge on any atom is -0.496 e. The van der Waals surface area contributed by atoms with Crippen molar-refractivity contribution in [2.45, 2.75) is 70.0 Å². The molecule has 2 amide bonds. The monoisotopic (exact) mass is 437 g/mol. The molecule has 1 aliphatic carbocycles. The summed E-state index contributed by atoms with van der Waals surface area (Å²) in [5.41, 5.74) is 7.47. The van der Waals surface area contributed by atoms with Crippen LogP contribution in [0.15, 0.2) is 30.3 Å². The Balaban J connectivity index is 1.88. The lowest BCUT2D eigenvalue weighted by molar-refractivity contribution is -0.118. The Morgan fingerprint density at radius 2 is 1.71 bits per heavy atom. The van der Waals surface area contributed by atoms with Crippen molar-refractivity contribution < 1.29 is 14.3 Å². The van der Waals surface area contributed by atoms with E-state index in [4.69, 9.17) is 4.74 Å². The summed E-state index contributed by atoms with van der Waals surface area (Å²) in [5.74, 6) is 0.581. The molecule has 0 bridgehead atoms. The maximum absolute atomic E-state index is 12.2. The Kier molecular flexibility index (Phi) is 5.45. The predicted molar refractivity (Wildman–Crippen MR) is 127 cm³/mol. The number of benzene rings is 2. The van der Waals surface area contributed by atoms with E-state index in [1.807, 2.05) is 18.2 Å². The Morgan fingerprint density at radius 1 is 1.06 bits per heavy atom. The number of nitrogens with one attached hydrogen (secondary N) is 1. The van der Waals surface area contributed by atoms with Gasteiger partial charge in [-0.25, -0.2) is 0 Å². The summed E-state index contributed by atoms with van der Waals surface area (Å²) in [7, 11) is 1.68. The first-order valence-corrected chi connectivity index (χ1v) is 11.7. The SMILES string of the molecule is COc1cccc(CC2SC(=O)NC2=O)c1-c1cc2c(cc1C)C(C)(C)CCC2(C)C. The molecule has 0 saturated carbocycles. The second-order valence-corrected chi connectivity index (χ2v) is 11.2. The van der Waals surface area contributed by atoms with Crippen molar-refractivity contribution in [1.29, 1.82) is 0 Å². The molecule has 4 rings (SSSR count). The average Bonchev–Trinajstić information content (AvgIpc) is 3.02. The van der Waals surface area contributed by atoms with Crippen molar-refractivity contribution in [2.75, 3.05) is 7.11 Å². The fraction of sp³-hybridized carbons (Fsp3) is 0.462. The number of amides is 2. The van der Waals surface area contributed by atoms with Gasteiger partial charge in [0, 0.05) is 5.56 Å². The number of methoxy groups -OCH3 is 1. The number of hydrogen-bond acceptors (Lipinski definition) is 4. The molecule has 1 atom stereocenters. The lowest BCUT2D eigenvalue weighted by Gasteiger charge is -2.42. The number of carbonyl (C=O) groups is 2. The van der Waals surface area contributed by atoms with E-state index in [-0.39, 0.29) is 22.0 Å². The standard InChI is InChI=1S/C26H31NO3S/c1-15-12-18-19(26(4,5)11-10-25(18,2)3)14-17(15)22-16(8-7-9-20(22)30-6)13-21-23(28)27-24(29)31-21/h7-9,12,14,21H,10-11,13H2,1-6H3,(H,27,28,29). The van der Waals surface area contributed by atoms with Crippen LogP contribution in [-0.2, 0) is 22.0 Å². The zero-order valence-electron chi connectivity index (χ0n) is 19.2. The summed E-state index contributed by atoms with van der Waals surface area (Å²) in [4.78, 5) is 23.9. The third-order valence-corrected chi connectivity index (χ3v) is 7.95. The van der Waals surface area contributed by atoms with Gasteiger partial charge in [0.1, 0.15) is 5.75 Å². The summed E-state index contributed by atoms with van der Waals surface area (Å²) in [6.07, 6.45) is 2.81. The summed E-state index contributed by atoms with van der Waals surface area (Å²) in [5, 5.41) is 1.72. The zero-order chi connectivity index (χ0) is 22.6. The van der Waals surface area contributed by atoms with Gasteiger partial charge in [-0.1, -0.05) is 57.7 Å². The number of fused-ring (bicyclic) bond motifs is 1. The minimum absolute atomic E-state index is 0.100. The maximum atomic E-state index is 12.2. The third kappa shape index (κ3) is 3.89. The van der Waals surface area contributed by atoms with Crippen LogP contribution in [0.25, 0.3) is 11.1 Å². The van der Waals surface area contributed by atoms with Crippen LogP contribution in [0.5, 0.6) is 5.75 Å². The first-order chi connectivity index (χ1) is 14.5. The average molecular weight is 438 g/mol. The van der Waals surface area contributed by atoms with Gasteiger partial charge in [-0.3, -0.25) is 14.9 Å². The number of thioether (sulfide) groups is 1. The Bertz CT molecular complexity index is 1070. The molecule has 0 aromatic heterocycles. The van der Waals surface area contributed by atoms with Gasteiger partial charge >= 0.3 is 0 Å². The van der Waals surface area contributed by atoms with Crippen molar-refractivity contribution in [2.24, 2.45) is 0 Å². The molecule has 1 heterocycles. The van der Waals surface area contributed by atoms with Gasteiger partial charge < -0.3 is 4.74 Å². The molecular formula is C26H31NO3S. The van der Waals surface area contributed by atoms with Crippen LogP contribution in [0.2, 0.25) is 0 Å². The maximum Gasteiger partial charge on any atom is 0.286 e. The molecule has 2 aromatic rings. The highest BCUT2D eigenvalue weighted by atomic mass is 32.2. The number of ether oxygens (including phenoxy) is 1. The third-order valence-electron chi connectivity index (χ3n) is 6.97. The number of imide groups is 1. The van der Waals surface area contributed by atoms with Crippen LogP contribution in [0.4, 0.5) is 4.79 Å². The number of carbonyl (C=O) groups excluding carboxylic acids is 2. The van der Waals surface area contributed by atoms with E-state index in [2.05, 4.69) is 52.1 Å². The van der Waals surface area contributed by atoms with Gasteiger partial charge in [0.25, 0.3) is 5.24 Å². The topological polar surface area (TPSA) is 55.4 Å². The highest BCUT2D eigenvalue weighted by Gasteiger charge is 2.38. The summed E-state index contributed by atoms with van der Waals surface area (Å²) < 4.78 is 5.77. The Labute approximate surface area is 189 Å². The van der Waals surface area contributed by atoms with E-state index >= 15 is 0 Å². The molecule has 1 fully saturated rings. The quantitative estimate of drug-likeness (QED) is 0.646. The van der Waals surface area contributed by atoms with Gasteiger partial charge in [-0.2, -0.15) is 0 Å². The first kappa shape index (κ1) is 21.9. The largest absolute Gasteiger partial charge is 0.496 e. The van der Waals surface area contributed by atoms with Gasteiger partial charge in [0.15, 0.2) is 0 Å². The van der Waals surface area contributed by atoms with E-state index < -0.39 is 5.25 Å². The van der Waals surface area contributed by atoms with Crippen LogP contribution in [0, 0.1) is 6.92 Å². The molecule has 1 unspecified atom stereocenters. The molecule has 5 heteroatoms. The molecule has 31 heavy (non-hydrogen) atoms. The van der Waals surface area contributed by atoms with E-state index in [9.17, 15) is 9.59 Å². The van der Waals surface area contributed by atoms with Crippen molar-refractivity contribution in [3.63, 3.8) is 0 Å². The van der Waals surface area contributed by atoms with Crippen LogP contribution < -0.4 is 10.1 Å². The summed E-state index contributed by atoms with van der Waals surface area (Å²) in [6, 6.07) is 10.7. The van der Waals surface area contributed by atoms with Crippen molar-refractivity contribution in [3.8, 4) is 16.9 Å². The fourth-order valence-electron chi connectivity index (χ4n) is 4.94. The molecule has 4 nitrogen and oxygen atoms in total. The van der Waals surface area contributed by atoms with Crippen LogP contribution in [0.1, 0.15) is 62.8 Å². The molecule has 2 aromatic carbocycles. The molecular weight excluding hydrogens is 406 g/mol. The lowest BCUT2D eigenvalue weighted by Crippen LogP contribution is -2.34. The van der Waals surface area contributed by atoms with Crippen molar-refractivity contribution in [3.05, 3.63) is 52.6 Å². The van der Waals surface area contributed by atoms with Crippen LogP contribution in [0.3, 0.4) is 0 Å². The smallest absolute Gasteiger partial charge is 0.286 e. The van der Waals surface area contributed by atoms with Crippen LogP contribution >= 0.6 is 11.8 Å². The van der Waals surface area contributed by atoms with Crippen molar-refractivity contribution >= 4 is 22.9 Å². The summed E-state index contributed by atoms with van der Waals surface area (Å²) >= 11 is 1.07.